The van der Waals surface area contributed by atoms with Gasteiger partial charge in [0, 0.05) is 0 Å². The molecule has 0 unspecified atom stereocenters. The Morgan fingerprint density at radius 3 is 1.95 bits per heavy atom. The maximum atomic E-state index is 12.0. The number of aromatic carboxylic acids is 1. The third-order valence-electron chi connectivity index (χ3n) is 2.58. The van der Waals surface area contributed by atoms with E-state index in [9.17, 15) is 14.4 Å². The smallest absolute Gasteiger partial charge is 0.339 e. The van der Waals surface area contributed by atoms with Crippen LogP contribution in [0.4, 0.5) is 0 Å². The van der Waals surface area contributed by atoms with Gasteiger partial charge in [0.1, 0.15) is 0 Å². The molecule has 0 bridgehead atoms. The molecule has 0 radical (unpaired) electrons. The molecule has 114 valence electrons. The molecule has 21 heavy (non-hydrogen) atoms. The molecule has 1 rings (SSSR count). The first-order valence-corrected chi connectivity index (χ1v) is 6.72. The van der Waals surface area contributed by atoms with E-state index in [1.165, 1.54) is 12.1 Å². The van der Waals surface area contributed by atoms with Gasteiger partial charge in [0.25, 0.3) is 0 Å². The van der Waals surface area contributed by atoms with Gasteiger partial charge in [-0.05, 0) is 31.0 Å². The van der Waals surface area contributed by atoms with Crippen molar-refractivity contribution in [2.45, 2.75) is 26.7 Å². The minimum absolute atomic E-state index is 0.00885. The largest absolute Gasteiger partial charge is 0.478 e. The summed E-state index contributed by atoms with van der Waals surface area (Å²) >= 11 is 0. The quantitative estimate of drug-likeness (QED) is 0.777. The van der Waals surface area contributed by atoms with Gasteiger partial charge < -0.3 is 14.6 Å². The Labute approximate surface area is 122 Å². The SMILES string of the molecule is CCCOC(=O)c1ccc(C(=O)O)cc1C(=O)OCCC. The van der Waals surface area contributed by atoms with Gasteiger partial charge in [0.15, 0.2) is 0 Å². The predicted molar refractivity (Wildman–Crippen MR) is 74.5 cm³/mol. The van der Waals surface area contributed by atoms with Gasteiger partial charge in [-0.3, -0.25) is 0 Å². The van der Waals surface area contributed by atoms with E-state index in [2.05, 4.69) is 0 Å². The van der Waals surface area contributed by atoms with Crippen molar-refractivity contribution in [2.75, 3.05) is 13.2 Å². The van der Waals surface area contributed by atoms with Crippen LogP contribution in [0.2, 0.25) is 0 Å². The Bertz CT molecular complexity index is 535. The normalized spacial score (nSPS) is 10.0. The van der Waals surface area contributed by atoms with E-state index in [-0.39, 0.29) is 29.9 Å². The molecular formula is C15H18O6. The van der Waals surface area contributed by atoms with E-state index in [1.54, 1.807) is 0 Å². The van der Waals surface area contributed by atoms with Crippen LogP contribution in [0.1, 0.15) is 57.8 Å². The third kappa shape index (κ3) is 4.59. The zero-order valence-corrected chi connectivity index (χ0v) is 12.0. The van der Waals surface area contributed by atoms with Crippen molar-refractivity contribution in [3.05, 3.63) is 34.9 Å². The number of carboxylic acids is 1. The molecule has 6 nitrogen and oxygen atoms in total. The summed E-state index contributed by atoms with van der Waals surface area (Å²) in [6, 6.07) is 3.65. The van der Waals surface area contributed by atoms with E-state index in [0.29, 0.717) is 12.8 Å². The summed E-state index contributed by atoms with van der Waals surface area (Å²) in [4.78, 5) is 34.8. The first-order chi connectivity index (χ1) is 10.0. The maximum absolute atomic E-state index is 12.0. The van der Waals surface area contributed by atoms with Crippen LogP contribution in [-0.4, -0.2) is 36.2 Å². The lowest BCUT2D eigenvalue weighted by Crippen LogP contribution is -2.16. The number of carboxylic acid groups (broad SMARTS) is 1. The molecule has 0 saturated heterocycles. The molecule has 0 aliphatic rings. The maximum Gasteiger partial charge on any atom is 0.339 e. The number of carbonyl (C=O) groups is 3. The van der Waals surface area contributed by atoms with Gasteiger partial charge in [0.2, 0.25) is 0 Å². The van der Waals surface area contributed by atoms with Crippen molar-refractivity contribution < 1.29 is 29.0 Å². The topological polar surface area (TPSA) is 89.9 Å². The summed E-state index contributed by atoms with van der Waals surface area (Å²) < 4.78 is 9.95. The highest BCUT2D eigenvalue weighted by Crippen LogP contribution is 2.16. The molecule has 0 aromatic heterocycles. The molecular weight excluding hydrogens is 276 g/mol. The summed E-state index contributed by atoms with van der Waals surface area (Å²) in [6.45, 7) is 4.09. The number of hydrogen-bond acceptors (Lipinski definition) is 5. The molecule has 0 spiro atoms. The van der Waals surface area contributed by atoms with Gasteiger partial charge in [-0.2, -0.15) is 0 Å². The van der Waals surface area contributed by atoms with Crippen molar-refractivity contribution in [2.24, 2.45) is 0 Å². The van der Waals surface area contributed by atoms with E-state index in [1.807, 2.05) is 13.8 Å². The molecule has 0 fully saturated rings. The molecule has 0 atom stereocenters. The average Bonchev–Trinajstić information content (AvgIpc) is 2.49. The molecule has 0 amide bonds. The summed E-state index contributed by atoms with van der Waals surface area (Å²) in [6.07, 6.45) is 1.27. The van der Waals surface area contributed by atoms with Crippen molar-refractivity contribution >= 4 is 17.9 Å². The first-order valence-electron chi connectivity index (χ1n) is 6.72. The molecule has 0 aliphatic heterocycles. The lowest BCUT2D eigenvalue weighted by Gasteiger charge is -2.10. The number of hydrogen-bond donors (Lipinski definition) is 1. The van der Waals surface area contributed by atoms with E-state index in [0.717, 1.165) is 6.07 Å². The van der Waals surface area contributed by atoms with Crippen molar-refractivity contribution in [3.63, 3.8) is 0 Å². The first kappa shape index (κ1) is 16.7. The predicted octanol–water partition coefficient (Wildman–Crippen LogP) is 2.52. The van der Waals surface area contributed by atoms with E-state index >= 15 is 0 Å². The minimum atomic E-state index is -1.19. The number of carbonyl (C=O) groups excluding carboxylic acids is 2. The Balaban J connectivity index is 3.13. The van der Waals surface area contributed by atoms with E-state index in [4.69, 9.17) is 14.6 Å². The van der Waals surface area contributed by atoms with Gasteiger partial charge in [-0.1, -0.05) is 13.8 Å². The fourth-order valence-electron chi connectivity index (χ4n) is 1.57. The molecule has 6 heteroatoms. The van der Waals surface area contributed by atoms with Crippen molar-refractivity contribution in [1.29, 1.82) is 0 Å². The van der Waals surface area contributed by atoms with Gasteiger partial charge in [-0.25, -0.2) is 14.4 Å². The van der Waals surface area contributed by atoms with Gasteiger partial charge >= 0.3 is 17.9 Å². The van der Waals surface area contributed by atoms with Gasteiger partial charge in [-0.15, -0.1) is 0 Å². The highest BCUT2D eigenvalue weighted by atomic mass is 16.5. The summed E-state index contributed by atoms with van der Waals surface area (Å²) in [5, 5.41) is 8.97. The van der Waals surface area contributed by atoms with Gasteiger partial charge in [0.05, 0.1) is 29.9 Å². The molecule has 0 saturated carbocycles. The summed E-state index contributed by atoms with van der Waals surface area (Å²) in [5.41, 5.74) is -0.176. The number of ether oxygens (including phenoxy) is 2. The lowest BCUT2D eigenvalue weighted by molar-refractivity contribution is 0.0457. The lowest BCUT2D eigenvalue weighted by atomic mass is 10.0. The number of esters is 2. The highest BCUT2D eigenvalue weighted by molar-refractivity contribution is 6.05. The fourth-order valence-corrected chi connectivity index (χ4v) is 1.57. The molecule has 0 heterocycles. The molecule has 0 aliphatic carbocycles. The monoisotopic (exact) mass is 294 g/mol. The standard InChI is InChI=1S/C15H18O6/c1-3-7-20-14(18)11-6-5-10(13(16)17)9-12(11)15(19)21-8-4-2/h5-6,9H,3-4,7-8H2,1-2H3,(H,16,17). The van der Waals surface area contributed by atoms with Crippen LogP contribution >= 0.6 is 0 Å². The Hall–Kier alpha value is -2.37. The minimum Gasteiger partial charge on any atom is -0.478 e. The number of benzene rings is 1. The molecule has 1 aromatic carbocycles. The number of rotatable bonds is 7. The average molecular weight is 294 g/mol. The summed E-state index contributed by atoms with van der Waals surface area (Å²) in [7, 11) is 0. The van der Waals surface area contributed by atoms with Crippen LogP contribution in [0.3, 0.4) is 0 Å². The third-order valence-corrected chi connectivity index (χ3v) is 2.58. The van der Waals surface area contributed by atoms with Crippen LogP contribution < -0.4 is 0 Å². The second kappa shape index (κ2) is 8.04. The molecule has 1 aromatic rings. The summed E-state index contributed by atoms with van der Waals surface area (Å²) in [5.74, 6) is -2.59. The molecule has 1 N–H and O–H groups in total. The van der Waals surface area contributed by atoms with E-state index < -0.39 is 17.9 Å². The highest BCUT2D eigenvalue weighted by Gasteiger charge is 2.21. The van der Waals surface area contributed by atoms with Crippen LogP contribution in [0.15, 0.2) is 18.2 Å². The van der Waals surface area contributed by atoms with Crippen LogP contribution in [-0.2, 0) is 9.47 Å². The van der Waals surface area contributed by atoms with Crippen LogP contribution in [0, 0.1) is 0 Å². The van der Waals surface area contributed by atoms with Crippen LogP contribution in [0.25, 0.3) is 0 Å². The Morgan fingerprint density at radius 2 is 1.48 bits per heavy atom. The van der Waals surface area contributed by atoms with Crippen molar-refractivity contribution in [3.8, 4) is 0 Å². The zero-order valence-electron chi connectivity index (χ0n) is 12.0. The Kier molecular flexibility index (Phi) is 6.39. The second-order valence-electron chi connectivity index (χ2n) is 4.34. The second-order valence-corrected chi connectivity index (χ2v) is 4.34. The van der Waals surface area contributed by atoms with Crippen molar-refractivity contribution in [1.82, 2.24) is 0 Å². The fraction of sp³-hybridized carbons (Fsp3) is 0.400. The zero-order chi connectivity index (χ0) is 15.8. The Morgan fingerprint density at radius 1 is 0.952 bits per heavy atom. The van der Waals surface area contributed by atoms with Crippen LogP contribution in [0.5, 0.6) is 0 Å².